The third-order valence-corrected chi connectivity index (χ3v) is 3.09. The van der Waals surface area contributed by atoms with E-state index in [1.807, 2.05) is 42.9 Å². The monoisotopic (exact) mass is 243 g/mol. The van der Waals surface area contributed by atoms with Gasteiger partial charge in [-0.3, -0.25) is 9.25 Å². The van der Waals surface area contributed by atoms with Crippen molar-refractivity contribution < 1.29 is 4.42 Å². The topological polar surface area (TPSA) is 53.0 Å². The lowest BCUT2D eigenvalue weighted by Crippen LogP contribution is -2.08. The summed E-state index contributed by atoms with van der Waals surface area (Å²) in [5.74, 6) is -0.344. The standard InChI is InChI=1S/C13H13N3O2/c1-8-6-10(16(3)14-8)9-4-5-12-11(7-9)15(2)13(17)18-12/h4-7H,1-3H3. The molecule has 2 aromatic heterocycles. The number of nitrogens with zero attached hydrogens (tertiary/aromatic N) is 3. The zero-order valence-corrected chi connectivity index (χ0v) is 10.5. The molecule has 0 spiro atoms. The Morgan fingerprint density at radius 3 is 2.67 bits per heavy atom. The molecule has 0 aliphatic heterocycles. The number of hydrogen-bond donors (Lipinski definition) is 0. The summed E-state index contributed by atoms with van der Waals surface area (Å²) in [7, 11) is 3.60. The Bertz CT molecular complexity index is 792. The van der Waals surface area contributed by atoms with E-state index in [2.05, 4.69) is 5.10 Å². The summed E-state index contributed by atoms with van der Waals surface area (Å²) in [6.07, 6.45) is 0. The largest absolute Gasteiger partial charge is 0.419 e. The molecule has 0 amide bonds. The predicted octanol–water partition coefficient (Wildman–Crippen LogP) is 1.84. The molecule has 92 valence electrons. The van der Waals surface area contributed by atoms with Crippen LogP contribution in [0.2, 0.25) is 0 Å². The first-order valence-corrected chi connectivity index (χ1v) is 5.67. The van der Waals surface area contributed by atoms with Crippen LogP contribution in [0.5, 0.6) is 0 Å². The number of aryl methyl sites for hydroxylation is 3. The fourth-order valence-electron chi connectivity index (χ4n) is 2.17. The Hall–Kier alpha value is -2.30. The number of oxazole rings is 1. The maximum absolute atomic E-state index is 11.4. The Balaban J connectivity index is 2.28. The van der Waals surface area contributed by atoms with Crippen LogP contribution >= 0.6 is 0 Å². The second kappa shape index (κ2) is 3.60. The van der Waals surface area contributed by atoms with Crippen molar-refractivity contribution in [2.45, 2.75) is 6.92 Å². The van der Waals surface area contributed by atoms with Crippen LogP contribution in [0.1, 0.15) is 5.69 Å². The van der Waals surface area contributed by atoms with Crippen molar-refractivity contribution in [1.82, 2.24) is 14.3 Å². The molecule has 0 aliphatic carbocycles. The van der Waals surface area contributed by atoms with Crippen molar-refractivity contribution in [3.63, 3.8) is 0 Å². The van der Waals surface area contributed by atoms with Crippen molar-refractivity contribution in [3.05, 3.63) is 40.5 Å². The molecular weight excluding hydrogens is 230 g/mol. The van der Waals surface area contributed by atoms with Gasteiger partial charge in [-0.1, -0.05) is 0 Å². The van der Waals surface area contributed by atoms with Gasteiger partial charge in [-0.25, -0.2) is 4.79 Å². The van der Waals surface area contributed by atoms with E-state index in [9.17, 15) is 4.79 Å². The first-order valence-electron chi connectivity index (χ1n) is 5.67. The summed E-state index contributed by atoms with van der Waals surface area (Å²) in [4.78, 5) is 11.4. The van der Waals surface area contributed by atoms with Crippen LogP contribution in [0.15, 0.2) is 33.5 Å². The summed E-state index contributed by atoms with van der Waals surface area (Å²) in [5, 5.41) is 4.32. The van der Waals surface area contributed by atoms with E-state index in [0.29, 0.717) is 5.58 Å². The summed E-state index contributed by atoms with van der Waals surface area (Å²) in [6.45, 7) is 1.95. The van der Waals surface area contributed by atoms with E-state index in [0.717, 1.165) is 22.5 Å². The molecular formula is C13H13N3O2. The van der Waals surface area contributed by atoms with Gasteiger partial charge in [-0.05, 0) is 31.2 Å². The molecule has 0 saturated heterocycles. The lowest BCUT2D eigenvalue weighted by Gasteiger charge is -2.02. The van der Waals surface area contributed by atoms with Crippen LogP contribution in [0.3, 0.4) is 0 Å². The highest BCUT2D eigenvalue weighted by atomic mass is 16.4. The van der Waals surface area contributed by atoms with Crippen molar-refractivity contribution in [1.29, 1.82) is 0 Å². The van der Waals surface area contributed by atoms with Gasteiger partial charge in [0.05, 0.1) is 16.9 Å². The first kappa shape index (κ1) is 10.8. The minimum atomic E-state index is -0.344. The molecule has 18 heavy (non-hydrogen) atoms. The molecule has 0 bridgehead atoms. The molecule has 0 atom stereocenters. The molecule has 2 heterocycles. The molecule has 1 aromatic carbocycles. The van der Waals surface area contributed by atoms with E-state index in [1.54, 1.807) is 7.05 Å². The van der Waals surface area contributed by atoms with Gasteiger partial charge in [-0.2, -0.15) is 5.10 Å². The average Bonchev–Trinajstić information content (AvgIpc) is 2.80. The number of rotatable bonds is 1. The molecule has 0 aliphatic rings. The first-order chi connectivity index (χ1) is 8.56. The molecule has 0 fully saturated rings. The third-order valence-electron chi connectivity index (χ3n) is 3.09. The zero-order chi connectivity index (χ0) is 12.9. The molecule has 3 rings (SSSR count). The van der Waals surface area contributed by atoms with Crippen LogP contribution in [-0.2, 0) is 14.1 Å². The predicted molar refractivity (Wildman–Crippen MR) is 68.4 cm³/mol. The zero-order valence-electron chi connectivity index (χ0n) is 10.5. The van der Waals surface area contributed by atoms with Crippen molar-refractivity contribution in [2.75, 3.05) is 0 Å². The molecule has 0 unspecified atom stereocenters. The molecule has 0 N–H and O–H groups in total. The van der Waals surface area contributed by atoms with Gasteiger partial charge in [-0.15, -0.1) is 0 Å². The second-order valence-corrected chi connectivity index (χ2v) is 4.40. The average molecular weight is 243 g/mol. The second-order valence-electron chi connectivity index (χ2n) is 4.40. The Morgan fingerprint density at radius 1 is 1.22 bits per heavy atom. The molecule has 3 aromatic rings. The minimum absolute atomic E-state index is 0.344. The van der Waals surface area contributed by atoms with Crippen LogP contribution < -0.4 is 5.76 Å². The Labute approximate surface area is 103 Å². The van der Waals surface area contributed by atoms with Gasteiger partial charge in [0.2, 0.25) is 0 Å². The smallest absolute Gasteiger partial charge is 0.408 e. The fraction of sp³-hybridized carbons (Fsp3) is 0.231. The van der Waals surface area contributed by atoms with E-state index >= 15 is 0 Å². The van der Waals surface area contributed by atoms with Crippen LogP contribution in [0, 0.1) is 6.92 Å². The normalized spacial score (nSPS) is 11.3. The van der Waals surface area contributed by atoms with Crippen LogP contribution in [-0.4, -0.2) is 14.3 Å². The van der Waals surface area contributed by atoms with Gasteiger partial charge >= 0.3 is 5.76 Å². The van der Waals surface area contributed by atoms with E-state index in [-0.39, 0.29) is 5.76 Å². The van der Waals surface area contributed by atoms with Crippen LogP contribution in [0.25, 0.3) is 22.4 Å². The lowest BCUT2D eigenvalue weighted by molar-refractivity contribution is 0.528. The summed E-state index contributed by atoms with van der Waals surface area (Å²) < 4.78 is 8.44. The fourth-order valence-corrected chi connectivity index (χ4v) is 2.17. The number of hydrogen-bond acceptors (Lipinski definition) is 3. The summed E-state index contributed by atoms with van der Waals surface area (Å²) in [5.41, 5.74) is 4.39. The summed E-state index contributed by atoms with van der Waals surface area (Å²) in [6, 6.07) is 7.70. The number of aromatic nitrogens is 3. The van der Waals surface area contributed by atoms with Crippen LogP contribution in [0.4, 0.5) is 0 Å². The molecule has 0 saturated carbocycles. The minimum Gasteiger partial charge on any atom is -0.408 e. The van der Waals surface area contributed by atoms with E-state index < -0.39 is 0 Å². The van der Waals surface area contributed by atoms with Gasteiger partial charge in [0.25, 0.3) is 0 Å². The maximum Gasteiger partial charge on any atom is 0.419 e. The molecule has 5 heteroatoms. The Morgan fingerprint density at radius 2 is 2.00 bits per heavy atom. The van der Waals surface area contributed by atoms with Crippen molar-refractivity contribution >= 4 is 11.1 Å². The van der Waals surface area contributed by atoms with E-state index in [1.165, 1.54) is 4.57 Å². The van der Waals surface area contributed by atoms with Gasteiger partial charge in [0.15, 0.2) is 5.58 Å². The van der Waals surface area contributed by atoms with Gasteiger partial charge in [0.1, 0.15) is 0 Å². The lowest BCUT2D eigenvalue weighted by atomic mass is 10.1. The quantitative estimate of drug-likeness (QED) is 0.655. The van der Waals surface area contributed by atoms with Gasteiger partial charge in [0, 0.05) is 19.7 Å². The summed E-state index contributed by atoms with van der Waals surface area (Å²) >= 11 is 0. The SMILES string of the molecule is Cc1cc(-c2ccc3oc(=O)n(C)c3c2)n(C)n1. The highest BCUT2D eigenvalue weighted by Gasteiger charge is 2.10. The van der Waals surface area contributed by atoms with Gasteiger partial charge < -0.3 is 4.42 Å². The maximum atomic E-state index is 11.4. The molecule has 5 nitrogen and oxygen atoms in total. The van der Waals surface area contributed by atoms with Crippen molar-refractivity contribution in [2.24, 2.45) is 14.1 Å². The van der Waals surface area contributed by atoms with E-state index in [4.69, 9.17) is 4.42 Å². The number of benzene rings is 1. The highest BCUT2D eigenvalue weighted by Crippen LogP contribution is 2.24. The molecule has 0 radical (unpaired) electrons. The van der Waals surface area contributed by atoms with Crippen molar-refractivity contribution in [3.8, 4) is 11.3 Å². The Kier molecular flexibility index (Phi) is 2.16. The highest BCUT2D eigenvalue weighted by molar-refractivity contribution is 5.79. The number of fused-ring (bicyclic) bond motifs is 1. The third kappa shape index (κ3) is 1.48.